The van der Waals surface area contributed by atoms with Crippen molar-refractivity contribution in [3.8, 4) is 0 Å². The molecule has 4 heteroatoms. The fourth-order valence-corrected chi connectivity index (χ4v) is 3.21. The summed E-state index contributed by atoms with van der Waals surface area (Å²) in [6.07, 6.45) is 3.79. The fraction of sp³-hybridized carbons (Fsp3) is 0.375. The van der Waals surface area contributed by atoms with Gasteiger partial charge in [-0.3, -0.25) is 9.78 Å². The average Bonchev–Trinajstić information content (AvgIpc) is 2.44. The average molecular weight is 289 g/mol. The number of halogens is 1. The van der Waals surface area contributed by atoms with Crippen LogP contribution in [-0.2, 0) is 0 Å². The third-order valence-electron chi connectivity index (χ3n) is 3.91. The van der Waals surface area contributed by atoms with Gasteiger partial charge in [0.15, 0.2) is 0 Å². The molecular formula is C16H17ClN2O. The summed E-state index contributed by atoms with van der Waals surface area (Å²) in [7, 11) is 1.86. The van der Waals surface area contributed by atoms with Gasteiger partial charge >= 0.3 is 0 Å². The van der Waals surface area contributed by atoms with Crippen molar-refractivity contribution in [1.82, 2.24) is 9.88 Å². The molecule has 1 aromatic heterocycles. The minimum absolute atomic E-state index is 0.0637. The van der Waals surface area contributed by atoms with E-state index in [-0.39, 0.29) is 5.91 Å². The third-order valence-corrected chi connectivity index (χ3v) is 4.26. The van der Waals surface area contributed by atoms with Crippen LogP contribution in [0.4, 0.5) is 0 Å². The number of fused-ring (bicyclic) bond motifs is 1. The van der Waals surface area contributed by atoms with Gasteiger partial charge in [0.1, 0.15) is 0 Å². The second-order valence-electron chi connectivity index (χ2n) is 5.53. The number of carbonyl (C=O) groups is 1. The van der Waals surface area contributed by atoms with Crippen LogP contribution in [0.5, 0.6) is 0 Å². The largest absolute Gasteiger partial charge is 0.341 e. The smallest absolute Gasteiger partial charge is 0.253 e. The van der Waals surface area contributed by atoms with Crippen LogP contribution in [0.25, 0.3) is 10.9 Å². The summed E-state index contributed by atoms with van der Waals surface area (Å²) in [5, 5.41) is 1.30. The van der Waals surface area contributed by atoms with E-state index in [4.69, 9.17) is 11.6 Å². The predicted octanol–water partition coefficient (Wildman–Crippen LogP) is 3.32. The van der Waals surface area contributed by atoms with E-state index >= 15 is 0 Å². The molecule has 0 spiro atoms. The van der Waals surface area contributed by atoms with Crippen molar-refractivity contribution < 1.29 is 4.79 Å². The van der Waals surface area contributed by atoms with Gasteiger partial charge in [-0.15, -0.1) is 11.6 Å². The summed E-state index contributed by atoms with van der Waals surface area (Å²) in [6.45, 7) is 0.785. The van der Waals surface area contributed by atoms with Gasteiger partial charge in [0.25, 0.3) is 5.91 Å². The molecule has 1 fully saturated rings. The summed E-state index contributed by atoms with van der Waals surface area (Å²) in [6, 6.07) is 9.51. The molecule has 1 amide bonds. The first-order chi connectivity index (χ1) is 9.63. The van der Waals surface area contributed by atoms with Crippen LogP contribution < -0.4 is 0 Å². The minimum atomic E-state index is 0.0637. The molecule has 1 heterocycles. The second-order valence-corrected chi connectivity index (χ2v) is 6.15. The highest BCUT2D eigenvalue weighted by Crippen LogP contribution is 2.32. The van der Waals surface area contributed by atoms with Gasteiger partial charge in [-0.2, -0.15) is 0 Å². The van der Waals surface area contributed by atoms with Gasteiger partial charge in [0.2, 0.25) is 0 Å². The molecule has 1 aliphatic rings. The first-order valence-electron chi connectivity index (χ1n) is 6.88. The van der Waals surface area contributed by atoms with Gasteiger partial charge < -0.3 is 4.90 Å². The third kappa shape index (κ3) is 2.63. The molecule has 0 saturated heterocycles. The van der Waals surface area contributed by atoms with E-state index in [1.807, 2.05) is 37.4 Å². The zero-order chi connectivity index (χ0) is 14.1. The first kappa shape index (κ1) is 13.4. The standard InChI is InChI=1S/C16H17ClN2O/c1-19(10-11-7-14(17)8-11)16(20)13-4-5-15-12(9-13)3-2-6-18-15/h2-6,9,11,14H,7-8,10H2,1H3. The summed E-state index contributed by atoms with van der Waals surface area (Å²) in [5.74, 6) is 0.613. The van der Waals surface area contributed by atoms with Gasteiger partial charge in [-0.25, -0.2) is 0 Å². The maximum absolute atomic E-state index is 12.4. The van der Waals surface area contributed by atoms with Crippen molar-refractivity contribution in [3.63, 3.8) is 0 Å². The van der Waals surface area contributed by atoms with Crippen LogP contribution in [0, 0.1) is 5.92 Å². The van der Waals surface area contributed by atoms with Crippen molar-refractivity contribution in [3.05, 3.63) is 42.1 Å². The monoisotopic (exact) mass is 288 g/mol. The second kappa shape index (κ2) is 5.41. The highest BCUT2D eigenvalue weighted by Gasteiger charge is 2.29. The summed E-state index contributed by atoms with van der Waals surface area (Å²) < 4.78 is 0. The van der Waals surface area contributed by atoms with Crippen LogP contribution >= 0.6 is 11.6 Å². The van der Waals surface area contributed by atoms with Gasteiger partial charge in [-0.05, 0) is 43.0 Å². The highest BCUT2D eigenvalue weighted by molar-refractivity contribution is 6.21. The molecule has 0 aliphatic heterocycles. The lowest BCUT2D eigenvalue weighted by Gasteiger charge is -2.34. The van der Waals surface area contributed by atoms with Crippen LogP contribution in [-0.4, -0.2) is 34.8 Å². The highest BCUT2D eigenvalue weighted by atomic mass is 35.5. The number of pyridine rings is 1. The predicted molar refractivity (Wildman–Crippen MR) is 81.1 cm³/mol. The summed E-state index contributed by atoms with van der Waals surface area (Å²) in [4.78, 5) is 18.5. The summed E-state index contributed by atoms with van der Waals surface area (Å²) in [5.41, 5.74) is 1.63. The van der Waals surface area contributed by atoms with E-state index in [1.165, 1.54) is 0 Å². The fourth-order valence-electron chi connectivity index (χ4n) is 2.70. The zero-order valence-electron chi connectivity index (χ0n) is 11.4. The molecule has 1 saturated carbocycles. The SMILES string of the molecule is CN(CC1CC(Cl)C1)C(=O)c1ccc2ncccc2c1. The van der Waals surface area contributed by atoms with Crippen LogP contribution in [0.1, 0.15) is 23.2 Å². The molecule has 0 unspecified atom stereocenters. The number of nitrogens with zero attached hydrogens (tertiary/aromatic N) is 2. The molecule has 3 nitrogen and oxygen atoms in total. The zero-order valence-corrected chi connectivity index (χ0v) is 12.2. The van der Waals surface area contributed by atoms with E-state index in [1.54, 1.807) is 11.1 Å². The lowest BCUT2D eigenvalue weighted by molar-refractivity contribution is 0.0747. The van der Waals surface area contributed by atoms with Crippen LogP contribution in [0.2, 0.25) is 0 Å². The van der Waals surface area contributed by atoms with E-state index in [0.29, 0.717) is 11.3 Å². The molecule has 20 heavy (non-hydrogen) atoms. The normalized spacial score (nSPS) is 21.5. The van der Waals surface area contributed by atoms with E-state index in [2.05, 4.69) is 4.98 Å². The maximum atomic E-state index is 12.4. The Morgan fingerprint density at radius 3 is 2.95 bits per heavy atom. The molecule has 3 rings (SSSR count). The Kier molecular flexibility index (Phi) is 3.62. The van der Waals surface area contributed by atoms with Crippen LogP contribution in [0.15, 0.2) is 36.5 Å². The maximum Gasteiger partial charge on any atom is 0.253 e. The number of benzene rings is 1. The van der Waals surface area contributed by atoms with Crippen LogP contribution in [0.3, 0.4) is 0 Å². The van der Waals surface area contributed by atoms with Crippen molar-refractivity contribution in [2.75, 3.05) is 13.6 Å². The van der Waals surface area contributed by atoms with Crippen molar-refractivity contribution >= 4 is 28.4 Å². The molecule has 0 radical (unpaired) electrons. The molecular weight excluding hydrogens is 272 g/mol. The first-order valence-corrected chi connectivity index (χ1v) is 7.31. The number of amides is 1. The lowest BCUT2D eigenvalue weighted by atomic mass is 9.84. The topological polar surface area (TPSA) is 33.2 Å². The van der Waals surface area contributed by atoms with Gasteiger partial charge in [-0.1, -0.05) is 6.07 Å². The Balaban J connectivity index is 1.74. The van der Waals surface area contributed by atoms with Crippen molar-refractivity contribution in [2.24, 2.45) is 5.92 Å². The van der Waals surface area contributed by atoms with E-state index in [9.17, 15) is 4.79 Å². The molecule has 2 aromatic rings. The molecule has 0 bridgehead atoms. The Hall–Kier alpha value is -1.61. The summed E-state index contributed by atoms with van der Waals surface area (Å²) >= 11 is 5.98. The number of aromatic nitrogens is 1. The number of hydrogen-bond donors (Lipinski definition) is 0. The van der Waals surface area contributed by atoms with E-state index in [0.717, 1.165) is 35.9 Å². The van der Waals surface area contributed by atoms with E-state index < -0.39 is 0 Å². The Morgan fingerprint density at radius 1 is 1.40 bits per heavy atom. The Labute approximate surface area is 123 Å². The molecule has 104 valence electrons. The minimum Gasteiger partial charge on any atom is -0.341 e. The number of hydrogen-bond acceptors (Lipinski definition) is 2. The quantitative estimate of drug-likeness (QED) is 0.812. The van der Waals surface area contributed by atoms with Gasteiger partial charge in [0.05, 0.1) is 5.52 Å². The molecule has 1 aliphatic carbocycles. The number of alkyl halides is 1. The number of carbonyl (C=O) groups excluding carboxylic acids is 1. The lowest BCUT2D eigenvalue weighted by Crippen LogP contribution is -2.37. The molecule has 0 N–H and O–H groups in total. The van der Waals surface area contributed by atoms with Crippen molar-refractivity contribution in [2.45, 2.75) is 18.2 Å². The molecule has 1 aromatic carbocycles. The number of rotatable bonds is 3. The van der Waals surface area contributed by atoms with Gasteiger partial charge in [0, 0.05) is 36.1 Å². The Bertz CT molecular complexity index is 637. The Morgan fingerprint density at radius 2 is 2.20 bits per heavy atom. The van der Waals surface area contributed by atoms with Crippen molar-refractivity contribution in [1.29, 1.82) is 0 Å². The molecule has 0 atom stereocenters.